The van der Waals surface area contributed by atoms with Gasteiger partial charge in [0, 0.05) is 0 Å². The molecule has 199 valence electrons. The van der Waals surface area contributed by atoms with E-state index in [1.807, 2.05) is 0 Å². The van der Waals surface area contributed by atoms with Crippen molar-refractivity contribution in [2.24, 2.45) is 5.92 Å². The molecular weight excluding hydrogens is 620 g/mol. The van der Waals surface area contributed by atoms with E-state index < -0.39 is 39.6 Å². The molecule has 0 aromatic heterocycles. The average molecular weight is 652 g/mol. The van der Waals surface area contributed by atoms with Gasteiger partial charge in [-0.1, -0.05) is 0 Å². The second-order valence-corrected chi connectivity index (χ2v) is 25.3. The molecule has 0 heterocycles. The van der Waals surface area contributed by atoms with Crippen molar-refractivity contribution in [1.82, 2.24) is 0 Å². The van der Waals surface area contributed by atoms with Gasteiger partial charge in [-0.05, 0) is 0 Å². The quantitative estimate of drug-likeness (QED) is 0.381. The van der Waals surface area contributed by atoms with Crippen LogP contribution in [0.5, 0.6) is 0 Å². The summed E-state index contributed by atoms with van der Waals surface area (Å²) in [6.45, 7) is 11.6. The molecule has 5 rings (SSSR count). The van der Waals surface area contributed by atoms with E-state index in [0.717, 1.165) is 3.27 Å². The van der Waals surface area contributed by atoms with Crippen molar-refractivity contribution >= 4 is 15.6 Å². The molecule has 2 aliphatic carbocycles. The van der Waals surface area contributed by atoms with Gasteiger partial charge in [0.25, 0.3) is 0 Å². The van der Waals surface area contributed by atoms with E-state index in [0.29, 0.717) is 0 Å². The number of rotatable bonds is 4. The Morgan fingerprint density at radius 2 is 1.26 bits per heavy atom. The third kappa shape index (κ3) is 4.94. The number of hydrogen-bond acceptors (Lipinski definition) is 0. The van der Waals surface area contributed by atoms with Gasteiger partial charge in [-0.3, -0.25) is 0 Å². The zero-order valence-electron chi connectivity index (χ0n) is 22.3. The van der Waals surface area contributed by atoms with Crippen LogP contribution in [0.4, 0.5) is 13.2 Å². The Hall–Kier alpha value is -1.52. The van der Waals surface area contributed by atoms with Gasteiger partial charge < -0.3 is 24.8 Å². The van der Waals surface area contributed by atoms with Gasteiger partial charge in [-0.15, -0.1) is 0 Å². The van der Waals surface area contributed by atoms with Crippen molar-refractivity contribution in [3.8, 4) is 11.1 Å². The van der Waals surface area contributed by atoms with Crippen molar-refractivity contribution in [3.05, 3.63) is 110 Å². The van der Waals surface area contributed by atoms with E-state index in [4.69, 9.17) is 4.21 Å². The Kier molecular flexibility index (Phi) is 8.82. The first kappa shape index (κ1) is 31.0. The summed E-state index contributed by atoms with van der Waals surface area (Å²) in [6.07, 6.45) is -1.92. The number of fused-ring (bicyclic) bond motifs is 3. The van der Waals surface area contributed by atoms with E-state index >= 15 is 0 Å². The van der Waals surface area contributed by atoms with Crippen molar-refractivity contribution in [2.45, 2.75) is 43.3 Å². The van der Waals surface area contributed by atoms with Crippen LogP contribution in [-0.4, -0.2) is 12.3 Å². The summed E-state index contributed by atoms with van der Waals surface area (Å²) in [5.41, 5.74) is 5.78. The number of allylic oxidation sites excluding steroid dienone is 4. The second kappa shape index (κ2) is 10.8. The summed E-state index contributed by atoms with van der Waals surface area (Å²) in [7, 11) is -1.61. The molecule has 0 fully saturated rings. The predicted octanol–water partition coefficient (Wildman–Crippen LogP) is 2.42. The summed E-state index contributed by atoms with van der Waals surface area (Å²) in [6, 6.07) is 23.1. The van der Waals surface area contributed by atoms with Crippen molar-refractivity contribution in [2.75, 3.05) is 0 Å². The molecule has 0 bridgehead atoms. The average Bonchev–Trinajstić information content (AvgIpc) is 3.32. The first-order valence-corrected chi connectivity index (χ1v) is 21.6. The maximum Gasteiger partial charge on any atom is -1.00 e. The van der Waals surface area contributed by atoms with Crippen LogP contribution < -0.4 is 28.1 Å². The van der Waals surface area contributed by atoms with E-state index in [2.05, 4.69) is 88.1 Å². The standard InChI is InChI=1S/C13H9.C10H17Si.C7H4F3.CH2.2ClH.Zr/c1-3-7-12-10(5-1)9-11-6-2-4-8-13(11)12;1-8-6-9(2)10(7-8)11(3,4)5;8-7(9,10)6-4-2-1-3-5-6;;;;/h1-9H;7-8H,1-5H3;2-5H;1H2;2*1H;/q;;;;;;+2/p-2. The molecule has 3 aromatic carbocycles. The first-order valence-electron chi connectivity index (χ1n) is 12.5. The zero-order valence-corrected chi connectivity index (χ0v) is 27.2. The minimum Gasteiger partial charge on any atom is -1.00 e. The fraction of sp³-hybridized carbons (Fsp3) is 0.258. The van der Waals surface area contributed by atoms with Crippen LogP contribution in [0.15, 0.2) is 92.9 Å². The fourth-order valence-corrected chi connectivity index (χ4v) is 21.2. The molecule has 0 radical (unpaired) electrons. The number of halogens is 5. The Morgan fingerprint density at radius 1 is 0.789 bits per heavy atom. The van der Waals surface area contributed by atoms with Gasteiger partial charge in [0.2, 0.25) is 0 Å². The summed E-state index contributed by atoms with van der Waals surface area (Å²) in [5.74, 6) is 0.238. The van der Waals surface area contributed by atoms with Crippen molar-refractivity contribution < 1.29 is 57.8 Å². The topological polar surface area (TPSA) is 0 Å². The van der Waals surface area contributed by atoms with Gasteiger partial charge in [-0.2, -0.15) is 0 Å². The summed E-state index contributed by atoms with van der Waals surface area (Å²) in [4.78, 5) is 0. The molecule has 2 aliphatic rings. The first-order chi connectivity index (χ1) is 16.8. The Morgan fingerprint density at radius 3 is 1.68 bits per heavy atom. The van der Waals surface area contributed by atoms with Gasteiger partial charge in [0.1, 0.15) is 0 Å². The van der Waals surface area contributed by atoms with Crippen LogP contribution in [0.3, 0.4) is 0 Å². The Bertz CT molecular complexity index is 1420. The molecule has 2 unspecified atom stereocenters. The number of alkyl halides is 3. The third-order valence-corrected chi connectivity index (χ3v) is 21.9. The minimum atomic E-state index is -4.35. The summed E-state index contributed by atoms with van der Waals surface area (Å²) in [5, 5.41) is 1.47. The molecule has 0 saturated heterocycles. The molecule has 0 saturated carbocycles. The molecule has 0 spiro atoms. The maximum absolute atomic E-state index is 13.5. The van der Waals surface area contributed by atoms with Crippen molar-refractivity contribution in [1.29, 1.82) is 0 Å². The Labute approximate surface area is 241 Å². The molecule has 0 nitrogen and oxygen atoms in total. The van der Waals surface area contributed by atoms with E-state index in [9.17, 15) is 13.2 Å². The van der Waals surface area contributed by atoms with Crippen LogP contribution in [0.1, 0.15) is 34.2 Å². The minimum absolute atomic E-state index is 0. The second-order valence-electron chi connectivity index (χ2n) is 11.3. The smallest absolute Gasteiger partial charge is 1.00 e. The molecule has 2 atom stereocenters. The maximum atomic E-state index is 13.5. The molecular formula is C31H32Cl2F3SiZr. The molecule has 38 heavy (non-hydrogen) atoms. The van der Waals surface area contributed by atoms with Crippen LogP contribution >= 0.6 is 0 Å². The molecule has 0 N–H and O–H groups in total. The van der Waals surface area contributed by atoms with Crippen LogP contribution in [0.25, 0.3) is 11.1 Å². The predicted molar refractivity (Wildman–Crippen MR) is 145 cm³/mol. The monoisotopic (exact) mass is 649 g/mol. The van der Waals surface area contributed by atoms with E-state index in [1.165, 1.54) is 48.4 Å². The largest absolute Gasteiger partial charge is 1.00 e. The van der Waals surface area contributed by atoms with Gasteiger partial charge in [-0.25, -0.2) is 0 Å². The Balaban J connectivity index is 0.00000200. The third-order valence-electron chi connectivity index (χ3n) is 8.02. The van der Waals surface area contributed by atoms with Crippen LogP contribution in [0, 0.1) is 5.92 Å². The SMILES string of the molecule is [CH2]=[Zr+2]([C]1=C(C)C([Si](C)(C)C)=CC1C)([c]1ccc(C(F)(F)F)cc1)[CH]1c2ccccc2-c2ccccc21.[Cl-].[Cl-]. The summed E-state index contributed by atoms with van der Waals surface area (Å²) >= 11 is -3.93. The van der Waals surface area contributed by atoms with Crippen molar-refractivity contribution in [3.63, 3.8) is 0 Å². The van der Waals surface area contributed by atoms with Gasteiger partial charge in [0.15, 0.2) is 0 Å². The van der Waals surface area contributed by atoms with Crippen LogP contribution in [0.2, 0.25) is 19.6 Å². The molecule has 0 aliphatic heterocycles. The van der Waals surface area contributed by atoms with Gasteiger partial charge >= 0.3 is 218 Å². The zero-order chi connectivity index (χ0) is 26.0. The van der Waals surface area contributed by atoms with E-state index in [-0.39, 0.29) is 34.4 Å². The molecule has 0 amide bonds. The van der Waals surface area contributed by atoms with Gasteiger partial charge in [0.05, 0.1) is 0 Å². The normalized spacial score (nSPS) is 17.8. The van der Waals surface area contributed by atoms with Crippen LogP contribution in [-0.2, 0) is 26.0 Å². The van der Waals surface area contributed by atoms with E-state index in [1.54, 1.807) is 12.1 Å². The number of hydrogen-bond donors (Lipinski definition) is 0. The molecule has 3 aromatic rings. The molecule has 7 heteroatoms. The number of benzene rings is 3. The summed E-state index contributed by atoms with van der Waals surface area (Å²) < 4.78 is 48.2. The fourth-order valence-electron chi connectivity index (χ4n) is 6.62.